The van der Waals surface area contributed by atoms with Crippen LogP contribution in [0.2, 0.25) is 0 Å². The van der Waals surface area contributed by atoms with Crippen molar-refractivity contribution >= 4 is 9.84 Å². The molecule has 0 amide bonds. The number of nitrogens with zero attached hydrogens (tertiary/aromatic N) is 1. The molecule has 4 nitrogen and oxygen atoms in total. The Labute approximate surface area is 104 Å². The van der Waals surface area contributed by atoms with Crippen molar-refractivity contribution in [2.45, 2.75) is 56.7 Å². The fraction of sp³-hybridized carbons (Fsp3) is 1.00. The minimum Gasteiger partial charge on any atom is -0.391 e. The van der Waals surface area contributed by atoms with Crippen LogP contribution in [0.1, 0.15) is 38.5 Å². The molecule has 100 valence electrons. The van der Waals surface area contributed by atoms with Crippen molar-refractivity contribution in [1.29, 1.82) is 0 Å². The first-order valence-electron chi connectivity index (χ1n) is 6.60. The van der Waals surface area contributed by atoms with E-state index in [9.17, 15) is 13.5 Å². The molecule has 0 aromatic carbocycles. The van der Waals surface area contributed by atoms with Crippen molar-refractivity contribution in [1.82, 2.24) is 4.90 Å². The van der Waals surface area contributed by atoms with E-state index in [1.165, 1.54) is 6.42 Å². The van der Waals surface area contributed by atoms with E-state index in [0.29, 0.717) is 5.75 Å². The molecule has 1 heterocycles. The fourth-order valence-electron chi connectivity index (χ4n) is 3.11. The van der Waals surface area contributed by atoms with Crippen LogP contribution in [0.15, 0.2) is 0 Å². The van der Waals surface area contributed by atoms with Gasteiger partial charge in [-0.05, 0) is 26.3 Å². The molecule has 0 aromatic heterocycles. The summed E-state index contributed by atoms with van der Waals surface area (Å²) in [5, 5.41) is 10.1. The Morgan fingerprint density at radius 1 is 1.12 bits per heavy atom. The second kappa shape index (κ2) is 5.24. The molecule has 2 rings (SSSR count). The van der Waals surface area contributed by atoms with Gasteiger partial charge in [0.2, 0.25) is 0 Å². The summed E-state index contributed by atoms with van der Waals surface area (Å²) in [6.07, 6.45) is 5.71. The van der Waals surface area contributed by atoms with Crippen LogP contribution < -0.4 is 0 Å². The van der Waals surface area contributed by atoms with Gasteiger partial charge in [0.15, 0.2) is 9.84 Å². The van der Waals surface area contributed by atoms with Crippen LogP contribution in [0.5, 0.6) is 0 Å². The van der Waals surface area contributed by atoms with Crippen molar-refractivity contribution in [2.75, 3.05) is 18.6 Å². The average Bonchev–Trinajstić information content (AvgIpc) is 2.49. The molecule has 2 aliphatic rings. The lowest BCUT2D eigenvalue weighted by Gasteiger charge is -2.34. The molecular weight excluding hydrogens is 238 g/mol. The molecule has 3 unspecified atom stereocenters. The third kappa shape index (κ3) is 3.20. The first-order chi connectivity index (χ1) is 7.99. The van der Waals surface area contributed by atoms with Crippen molar-refractivity contribution in [2.24, 2.45) is 0 Å². The van der Waals surface area contributed by atoms with E-state index in [0.717, 1.165) is 32.1 Å². The van der Waals surface area contributed by atoms with Gasteiger partial charge in [-0.1, -0.05) is 19.3 Å². The van der Waals surface area contributed by atoms with Crippen LogP contribution in [0, 0.1) is 0 Å². The number of likely N-dealkylation sites (N-methyl/N-ethyl adjacent to an activating group) is 1. The van der Waals surface area contributed by atoms with E-state index in [1.54, 1.807) is 0 Å². The maximum Gasteiger partial charge on any atom is 0.151 e. The summed E-state index contributed by atoms with van der Waals surface area (Å²) in [4.78, 5) is 2.13. The number of rotatable bonds is 2. The van der Waals surface area contributed by atoms with E-state index in [-0.39, 0.29) is 23.9 Å². The van der Waals surface area contributed by atoms with Crippen LogP contribution >= 0.6 is 0 Å². The molecule has 1 aliphatic heterocycles. The third-order valence-electron chi connectivity index (χ3n) is 4.25. The van der Waals surface area contributed by atoms with Crippen LogP contribution in [0.3, 0.4) is 0 Å². The summed E-state index contributed by atoms with van der Waals surface area (Å²) in [6.45, 7) is 0. The minimum absolute atomic E-state index is 0.109. The third-order valence-corrected chi connectivity index (χ3v) is 6.00. The fourth-order valence-corrected chi connectivity index (χ4v) is 4.90. The maximum absolute atomic E-state index is 11.5. The van der Waals surface area contributed by atoms with Gasteiger partial charge in [0.25, 0.3) is 0 Å². The van der Waals surface area contributed by atoms with Gasteiger partial charge in [-0.25, -0.2) is 8.42 Å². The van der Waals surface area contributed by atoms with Gasteiger partial charge < -0.3 is 5.11 Å². The van der Waals surface area contributed by atoms with Gasteiger partial charge in [0, 0.05) is 12.1 Å². The number of aliphatic hydroxyl groups is 1. The molecule has 1 saturated carbocycles. The van der Waals surface area contributed by atoms with Gasteiger partial charge in [-0.15, -0.1) is 0 Å². The van der Waals surface area contributed by atoms with E-state index >= 15 is 0 Å². The highest BCUT2D eigenvalue weighted by Crippen LogP contribution is 2.26. The van der Waals surface area contributed by atoms with E-state index in [1.807, 2.05) is 7.05 Å². The summed E-state index contributed by atoms with van der Waals surface area (Å²) in [7, 11) is -0.852. The first kappa shape index (κ1) is 13.3. The Hall–Kier alpha value is -0.130. The average molecular weight is 261 g/mol. The molecule has 17 heavy (non-hydrogen) atoms. The second-order valence-electron chi connectivity index (χ2n) is 5.50. The lowest BCUT2D eigenvalue weighted by atomic mass is 10.0. The van der Waals surface area contributed by atoms with E-state index in [2.05, 4.69) is 4.90 Å². The van der Waals surface area contributed by atoms with Crippen LogP contribution in [-0.4, -0.2) is 55.2 Å². The Morgan fingerprint density at radius 2 is 1.82 bits per heavy atom. The standard InChI is InChI=1S/C12H23NO3S/c1-13(10-7-8-17(15,16)9-10)11-5-3-2-4-6-12(11)14/h10-12,14H,2-9H2,1H3. The molecule has 0 aromatic rings. The quantitative estimate of drug-likeness (QED) is 0.747. The summed E-state index contributed by atoms with van der Waals surface area (Å²) in [5.74, 6) is 0.581. The summed E-state index contributed by atoms with van der Waals surface area (Å²) < 4.78 is 23.0. The largest absolute Gasteiger partial charge is 0.391 e. The highest BCUT2D eigenvalue weighted by Gasteiger charge is 2.35. The second-order valence-corrected chi connectivity index (χ2v) is 7.72. The highest BCUT2D eigenvalue weighted by atomic mass is 32.2. The molecule has 1 aliphatic carbocycles. The lowest BCUT2D eigenvalue weighted by Crippen LogP contribution is -2.46. The topological polar surface area (TPSA) is 57.6 Å². The zero-order valence-electron chi connectivity index (χ0n) is 10.5. The smallest absolute Gasteiger partial charge is 0.151 e. The molecule has 1 saturated heterocycles. The van der Waals surface area contributed by atoms with Crippen molar-refractivity contribution in [3.05, 3.63) is 0 Å². The zero-order chi connectivity index (χ0) is 12.5. The van der Waals surface area contributed by atoms with Gasteiger partial charge in [-0.2, -0.15) is 0 Å². The minimum atomic E-state index is -2.83. The number of hydrogen-bond donors (Lipinski definition) is 1. The molecule has 0 bridgehead atoms. The van der Waals surface area contributed by atoms with Crippen LogP contribution in [0.25, 0.3) is 0 Å². The monoisotopic (exact) mass is 261 g/mol. The predicted molar refractivity (Wildman–Crippen MR) is 67.7 cm³/mol. The van der Waals surface area contributed by atoms with Crippen molar-refractivity contribution < 1.29 is 13.5 Å². The molecule has 2 fully saturated rings. The summed E-state index contributed by atoms with van der Waals surface area (Å²) in [5.41, 5.74) is 0. The van der Waals surface area contributed by atoms with Gasteiger partial charge >= 0.3 is 0 Å². The molecular formula is C12H23NO3S. The maximum atomic E-state index is 11.5. The predicted octanol–water partition coefficient (Wildman–Crippen LogP) is 0.799. The Kier molecular flexibility index (Phi) is 4.10. The highest BCUT2D eigenvalue weighted by molar-refractivity contribution is 7.91. The summed E-state index contributed by atoms with van der Waals surface area (Å²) in [6, 6.07) is 0.258. The lowest BCUT2D eigenvalue weighted by molar-refractivity contribution is 0.0410. The van der Waals surface area contributed by atoms with Gasteiger partial charge in [0.05, 0.1) is 17.6 Å². The van der Waals surface area contributed by atoms with Crippen LogP contribution in [0.4, 0.5) is 0 Å². The first-order valence-corrected chi connectivity index (χ1v) is 8.42. The number of sulfone groups is 1. The van der Waals surface area contributed by atoms with Crippen molar-refractivity contribution in [3.8, 4) is 0 Å². The Bertz CT molecular complexity index is 355. The van der Waals surface area contributed by atoms with E-state index in [4.69, 9.17) is 0 Å². The molecule has 0 spiro atoms. The SMILES string of the molecule is CN(C1CCS(=O)(=O)C1)C1CCCCCC1O. The Morgan fingerprint density at radius 3 is 2.47 bits per heavy atom. The van der Waals surface area contributed by atoms with Crippen LogP contribution in [-0.2, 0) is 9.84 Å². The molecule has 3 atom stereocenters. The molecule has 1 N–H and O–H groups in total. The normalized spacial score (nSPS) is 38.2. The number of hydrogen-bond acceptors (Lipinski definition) is 4. The Balaban J connectivity index is 2.01. The molecule has 0 radical (unpaired) electrons. The summed E-state index contributed by atoms with van der Waals surface area (Å²) >= 11 is 0. The van der Waals surface area contributed by atoms with Gasteiger partial charge in [0.1, 0.15) is 0 Å². The van der Waals surface area contributed by atoms with Crippen molar-refractivity contribution in [3.63, 3.8) is 0 Å². The van der Waals surface area contributed by atoms with E-state index < -0.39 is 9.84 Å². The molecule has 5 heteroatoms. The van der Waals surface area contributed by atoms with Gasteiger partial charge in [-0.3, -0.25) is 4.90 Å². The zero-order valence-corrected chi connectivity index (χ0v) is 11.3. The number of aliphatic hydroxyl groups excluding tert-OH is 1.